The summed E-state index contributed by atoms with van der Waals surface area (Å²) in [6.07, 6.45) is 0.467. The number of amides is 1. The van der Waals surface area contributed by atoms with Gasteiger partial charge in [0.05, 0.1) is 6.04 Å². The third kappa shape index (κ3) is 4.93. The number of carbonyl (C=O) groups is 1. The molecule has 0 radical (unpaired) electrons. The molecular formula is C19H26N4O4S2. The van der Waals surface area contributed by atoms with Crippen LogP contribution in [0.3, 0.4) is 0 Å². The summed E-state index contributed by atoms with van der Waals surface area (Å²) >= 11 is 0.821. The molecule has 1 aliphatic rings. The predicted octanol–water partition coefficient (Wildman–Crippen LogP) is 3.41. The lowest BCUT2D eigenvalue weighted by Crippen LogP contribution is -2.41. The summed E-state index contributed by atoms with van der Waals surface area (Å²) in [5.74, 6) is 0.399. The third-order valence-electron chi connectivity index (χ3n) is 4.46. The maximum atomic E-state index is 12.9. The fourth-order valence-electron chi connectivity index (χ4n) is 2.97. The molecule has 1 aromatic carbocycles. The molecule has 29 heavy (non-hydrogen) atoms. The van der Waals surface area contributed by atoms with E-state index in [1.165, 1.54) is 0 Å². The number of sulfonamides is 1. The second-order valence-electron chi connectivity index (χ2n) is 8.86. The lowest BCUT2D eigenvalue weighted by Gasteiger charge is -2.37. The zero-order valence-corrected chi connectivity index (χ0v) is 19.0. The van der Waals surface area contributed by atoms with E-state index < -0.39 is 27.1 Å². The molecule has 0 spiro atoms. The Bertz CT molecular complexity index is 1040. The van der Waals surface area contributed by atoms with Gasteiger partial charge in [0.25, 0.3) is 10.0 Å². The summed E-state index contributed by atoms with van der Waals surface area (Å²) in [6.45, 7) is 11.1. The highest BCUT2D eigenvalue weighted by Crippen LogP contribution is 2.40. The number of aryl methyl sites for hydroxylation is 1. The number of aromatic nitrogens is 2. The van der Waals surface area contributed by atoms with Gasteiger partial charge in [-0.3, -0.25) is 4.79 Å². The fourth-order valence-corrected chi connectivity index (χ4v) is 5.10. The maximum absolute atomic E-state index is 12.9. The molecule has 0 fully saturated rings. The molecule has 158 valence electrons. The zero-order chi connectivity index (χ0) is 21.6. The standard InChI is InChI=1S/C19H26N4O4S2/c1-11-7-8-14-12(9-11)13(10-19(5,6)27-14)23-29(25,26)17-22-21-16(28-17)20-15(24)18(2,3)4/h7-9,13,23H,10H2,1-6H3,(H,20,21,24)/t13-/m1/s1. The average Bonchev–Trinajstić information content (AvgIpc) is 3.03. The molecule has 1 aromatic heterocycles. The lowest BCUT2D eigenvalue weighted by molar-refractivity contribution is -0.123. The zero-order valence-electron chi connectivity index (χ0n) is 17.4. The molecule has 2 aromatic rings. The smallest absolute Gasteiger partial charge is 0.270 e. The Kier molecular flexibility index (Phi) is 5.48. The Morgan fingerprint density at radius 1 is 1.28 bits per heavy atom. The van der Waals surface area contributed by atoms with Gasteiger partial charge in [-0.2, -0.15) is 0 Å². The molecule has 1 aliphatic heterocycles. The highest BCUT2D eigenvalue weighted by Gasteiger charge is 2.37. The molecular weight excluding hydrogens is 412 g/mol. The molecule has 10 heteroatoms. The van der Waals surface area contributed by atoms with Crippen LogP contribution in [0, 0.1) is 12.3 Å². The van der Waals surface area contributed by atoms with Crippen molar-refractivity contribution in [1.82, 2.24) is 14.9 Å². The quantitative estimate of drug-likeness (QED) is 0.708. The second kappa shape index (κ2) is 7.33. The van der Waals surface area contributed by atoms with E-state index >= 15 is 0 Å². The summed E-state index contributed by atoms with van der Waals surface area (Å²) in [5.41, 5.74) is 0.652. The minimum Gasteiger partial charge on any atom is -0.487 e. The van der Waals surface area contributed by atoms with Crippen molar-refractivity contribution in [3.05, 3.63) is 29.3 Å². The molecule has 2 N–H and O–H groups in total. The van der Waals surface area contributed by atoms with Crippen molar-refractivity contribution < 1.29 is 17.9 Å². The van der Waals surface area contributed by atoms with Crippen molar-refractivity contribution in [2.45, 2.75) is 63.9 Å². The van der Waals surface area contributed by atoms with Crippen molar-refractivity contribution in [3.8, 4) is 5.75 Å². The van der Waals surface area contributed by atoms with Crippen LogP contribution in [0.2, 0.25) is 0 Å². The van der Waals surface area contributed by atoms with Gasteiger partial charge >= 0.3 is 0 Å². The van der Waals surface area contributed by atoms with Gasteiger partial charge in [0, 0.05) is 17.4 Å². The first kappa shape index (κ1) is 21.7. The molecule has 2 heterocycles. The van der Waals surface area contributed by atoms with Crippen LogP contribution in [0.15, 0.2) is 22.5 Å². The molecule has 1 atom stereocenters. The first-order valence-electron chi connectivity index (χ1n) is 9.24. The monoisotopic (exact) mass is 438 g/mol. The fraction of sp³-hybridized carbons (Fsp3) is 0.526. The van der Waals surface area contributed by atoms with Crippen LogP contribution in [0.25, 0.3) is 0 Å². The highest BCUT2D eigenvalue weighted by molar-refractivity contribution is 7.91. The topological polar surface area (TPSA) is 110 Å². The molecule has 0 aliphatic carbocycles. The Morgan fingerprint density at radius 2 is 1.97 bits per heavy atom. The van der Waals surface area contributed by atoms with E-state index in [4.69, 9.17) is 4.74 Å². The largest absolute Gasteiger partial charge is 0.487 e. The number of carbonyl (C=O) groups excluding carboxylic acids is 1. The number of anilines is 1. The number of rotatable bonds is 4. The van der Waals surface area contributed by atoms with Crippen molar-refractivity contribution in [2.24, 2.45) is 5.41 Å². The van der Waals surface area contributed by atoms with Gasteiger partial charge in [0.1, 0.15) is 11.4 Å². The molecule has 3 rings (SSSR count). The summed E-state index contributed by atoms with van der Waals surface area (Å²) < 4.78 is 34.4. The van der Waals surface area contributed by atoms with Gasteiger partial charge in [-0.25, -0.2) is 13.1 Å². The van der Waals surface area contributed by atoms with E-state index in [1.54, 1.807) is 20.8 Å². The van der Waals surface area contributed by atoms with Crippen LogP contribution >= 0.6 is 11.3 Å². The summed E-state index contributed by atoms with van der Waals surface area (Å²) in [6, 6.07) is 5.25. The van der Waals surface area contributed by atoms with Crippen LogP contribution in [0.5, 0.6) is 5.75 Å². The summed E-state index contributed by atoms with van der Waals surface area (Å²) in [5, 5.41) is 10.3. The molecule has 1 amide bonds. The van der Waals surface area contributed by atoms with Crippen LogP contribution < -0.4 is 14.8 Å². The first-order valence-corrected chi connectivity index (χ1v) is 11.5. The van der Waals surface area contributed by atoms with Crippen LogP contribution in [0.4, 0.5) is 5.13 Å². The maximum Gasteiger partial charge on any atom is 0.270 e. The molecule has 0 saturated heterocycles. The number of fused-ring (bicyclic) bond motifs is 1. The number of nitrogens with one attached hydrogen (secondary N) is 2. The van der Waals surface area contributed by atoms with Crippen molar-refractivity contribution >= 4 is 32.4 Å². The predicted molar refractivity (Wildman–Crippen MR) is 112 cm³/mol. The Morgan fingerprint density at radius 3 is 2.62 bits per heavy atom. The van der Waals surface area contributed by atoms with E-state index in [9.17, 15) is 13.2 Å². The van der Waals surface area contributed by atoms with Crippen molar-refractivity contribution in [1.29, 1.82) is 0 Å². The number of hydrogen-bond acceptors (Lipinski definition) is 7. The molecule has 0 unspecified atom stereocenters. The summed E-state index contributed by atoms with van der Waals surface area (Å²) in [7, 11) is -3.93. The normalized spacial score (nSPS) is 18.6. The van der Waals surface area contributed by atoms with E-state index in [1.807, 2.05) is 39.0 Å². The second-order valence-corrected chi connectivity index (χ2v) is 11.7. The van der Waals surface area contributed by atoms with Crippen molar-refractivity contribution in [3.63, 3.8) is 0 Å². The Labute approximate surface area is 175 Å². The van der Waals surface area contributed by atoms with Gasteiger partial charge in [-0.1, -0.05) is 49.8 Å². The Balaban J connectivity index is 1.85. The van der Waals surface area contributed by atoms with Gasteiger partial charge in [0.2, 0.25) is 15.4 Å². The van der Waals surface area contributed by atoms with Gasteiger partial charge < -0.3 is 10.1 Å². The van der Waals surface area contributed by atoms with E-state index in [0.29, 0.717) is 12.2 Å². The summed E-state index contributed by atoms with van der Waals surface area (Å²) in [4.78, 5) is 12.1. The van der Waals surface area contributed by atoms with Crippen LogP contribution in [-0.4, -0.2) is 30.1 Å². The SMILES string of the molecule is Cc1ccc2c(c1)[C@H](NS(=O)(=O)c1nnc(NC(=O)C(C)(C)C)s1)CC(C)(C)O2. The van der Waals surface area contributed by atoms with Gasteiger partial charge in [-0.15, -0.1) is 10.2 Å². The Hall–Kier alpha value is -2.04. The number of nitrogens with zero attached hydrogens (tertiary/aromatic N) is 2. The number of ether oxygens (including phenoxy) is 1. The molecule has 0 bridgehead atoms. The van der Waals surface area contributed by atoms with Gasteiger partial charge in [0.15, 0.2) is 0 Å². The first-order chi connectivity index (χ1) is 13.3. The molecule has 0 saturated carbocycles. The van der Waals surface area contributed by atoms with Gasteiger partial charge in [-0.05, 0) is 26.8 Å². The van der Waals surface area contributed by atoms with E-state index in [2.05, 4.69) is 20.2 Å². The third-order valence-corrected chi connectivity index (χ3v) is 7.14. The minimum atomic E-state index is -3.93. The van der Waals surface area contributed by atoms with Crippen LogP contribution in [-0.2, 0) is 14.8 Å². The molecule has 8 nitrogen and oxygen atoms in total. The lowest BCUT2D eigenvalue weighted by atomic mass is 9.89. The number of hydrogen-bond donors (Lipinski definition) is 2. The minimum absolute atomic E-state index is 0.147. The van der Waals surface area contributed by atoms with E-state index in [-0.39, 0.29) is 15.4 Å². The van der Waals surface area contributed by atoms with Crippen molar-refractivity contribution in [2.75, 3.05) is 5.32 Å². The van der Waals surface area contributed by atoms with E-state index in [0.717, 1.165) is 22.5 Å². The number of benzene rings is 1. The highest BCUT2D eigenvalue weighted by atomic mass is 32.2. The van der Waals surface area contributed by atoms with Crippen LogP contribution in [0.1, 0.15) is 58.2 Å². The average molecular weight is 439 g/mol.